The molecule has 2 N–H and O–H groups in total. The van der Waals surface area contributed by atoms with Crippen LogP contribution in [0.3, 0.4) is 0 Å². The van der Waals surface area contributed by atoms with Gasteiger partial charge in [0, 0.05) is 4.88 Å². The molecule has 0 radical (unpaired) electrons. The monoisotopic (exact) mass is 262 g/mol. The number of ether oxygens (including phenoxy) is 1. The van der Waals surface area contributed by atoms with Gasteiger partial charge in [0.1, 0.15) is 13.1 Å². The van der Waals surface area contributed by atoms with Gasteiger partial charge < -0.3 is 17.1 Å². The molecule has 1 aliphatic rings. The largest absolute Gasteiger partial charge is 1.00 e. The van der Waals surface area contributed by atoms with Crippen LogP contribution in [-0.4, -0.2) is 32.2 Å². The number of amides is 1. The van der Waals surface area contributed by atoms with E-state index in [0.717, 1.165) is 36.2 Å². The molecular formula is C10H15ClN2O2S. The molecule has 0 bridgehead atoms. The molecular weight excluding hydrogens is 248 g/mol. The van der Waals surface area contributed by atoms with E-state index in [4.69, 9.17) is 4.74 Å². The van der Waals surface area contributed by atoms with Gasteiger partial charge in [0.05, 0.1) is 19.6 Å². The van der Waals surface area contributed by atoms with E-state index in [9.17, 15) is 4.79 Å². The van der Waals surface area contributed by atoms with Gasteiger partial charge in [-0.25, -0.2) is 10.4 Å². The summed E-state index contributed by atoms with van der Waals surface area (Å²) in [5.74, 6) is 0.0920. The topological polar surface area (TPSA) is 42.8 Å². The Morgan fingerprint density at radius 2 is 2.25 bits per heavy atom. The normalized spacial score (nSPS) is 16.5. The second-order valence-corrected chi connectivity index (χ2v) is 4.55. The van der Waals surface area contributed by atoms with Crippen LogP contribution in [0, 0.1) is 0 Å². The number of halogens is 1. The zero-order valence-corrected chi connectivity index (χ0v) is 10.4. The van der Waals surface area contributed by atoms with Crippen molar-refractivity contribution in [2.24, 2.45) is 0 Å². The lowest BCUT2D eigenvalue weighted by molar-refractivity contribution is -0.943. The summed E-state index contributed by atoms with van der Waals surface area (Å²) in [5.41, 5.74) is 2.96. The summed E-state index contributed by atoms with van der Waals surface area (Å²) in [5, 5.41) is 3.10. The van der Waals surface area contributed by atoms with Crippen LogP contribution in [0.2, 0.25) is 0 Å². The highest BCUT2D eigenvalue weighted by Gasteiger charge is 2.16. The highest BCUT2D eigenvalue weighted by molar-refractivity contribution is 7.10. The summed E-state index contributed by atoms with van der Waals surface area (Å²) in [6, 6.07) is 3.95. The minimum absolute atomic E-state index is 0. The summed E-state index contributed by atoms with van der Waals surface area (Å²) in [6.07, 6.45) is 0.488. The third-order valence-corrected chi connectivity index (χ3v) is 3.20. The molecule has 0 atom stereocenters. The molecule has 4 nitrogen and oxygen atoms in total. The Balaban J connectivity index is 0.00000128. The first kappa shape index (κ1) is 13.4. The molecule has 1 aromatic heterocycles. The van der Waals surface area contributed by atoms with Gasteiger partial charge >= 0.3 is 0 Å². The van der Waals surface area contributed by atoms with E-state index in [1.54, 1.807) is 11.3 Å². The van der Waals surface area contributed by atoms with E-state index < -0.39 is 0 Å². The molecule has 2 heterocycles. The van der Waals surface area contributed by atoms with Crippen molar-refractivity contribution in [3.05, 3.63) is 22.4 Å². The molecule has 1 amide bonds. The van der Waals surface area contributed by atoms with E-state index in [1.807, 2.05) is 17.5 Å². The van der Waals surface area contributed by atoms with Gasteiger partial charge in [0.15, 0.2) is 0 Å². The highest BCUT2D eigenvalue weighted by atomic mass is 35.5. The zero-order chi connectivity index (χ0) is 10.5. The Hall–Kier alpha value is -0.620. The van der Waals surface area contributed by atoms with Crippen LogP contribution in [0.15, 0.2) is 17.5 Å². The molecule has 1 fully saturated rings. The molecule has 0 spiro atoms. The van der Waals surface area contributed by atoms with Gasteiger partial charge in [0.25, 0.3) is 5.91 Å². The van der Waals surface area contributed by atoms with Crippen molar-refractivity contribution in [1.29, 1.82) is 0 Å². The first-order chi connectivity index (χ1) is 7.34. The van der Waals surface area contributed by atoms with Crippen LogP contribution in [-0.2, 0) is 16.0 Å². The van der Waals surface area contributed by atoms with Crippen molar-refractivity contribution < 1.29 is 26.9 Å². The van der Waals surface area contributed by atoms with E-state index in [1.165, 1.54) is 0 Å². The quantitative estimate of drug-likeness (QED) is 0.588. The van der Waals surface area contributed by atoms with E-state index in [2.05, 4.69) is 5.43 Å². The van der Waals surface area contributed by atoms with Crippen LogP contribution in [0.5, 0.6) is 0 Å². The van der Waals surface area contributed by atoms with Gasteiger partial charge in [-0.2, -0.15) is 0 Å². The second kappa shape index (κ2) is 6.85. The number of morpholine rings is 1. The minimum Gasteiger partial charge on any atom is -1.00 e. The molecule has 2 rings (SSSR count). The highest BCUT2D eigenvalue weighted by Crippen LogP contribution is 2.08. The molecule has 0 aliphatic carbocycles. The number of quaternary nitrogens is 1. The van der Waals surface area contributed by atoms with Crippen LogP contribution < -0.4 is 22.8 Å². The smallest absolute Gasteiger partial charge is 0.270 e. The number of thiophene rings is 1. The summed E-state index contributed by atoms with van der Waals surface area (Å²) in [7, 11) is 0. The van der Waals surface area contributed by atoms with Crippen molar-refractivity contribution in [3.8, 4) is 0 Å². The average molecular weight is 263 g/mol. The Bertz CT molecular complexity index is 313. The zero-order valence-electron chi connectivity index (χ0n) is 8.87. The molecule has 0 saturated carbocycles. The van der Waals surface area contributed by atoms with Gasteiger partial charge in [-0.1, -0.05) is 6.07 Å². The summed E-state index contributed by atoms with van der Waals surface area (Å²) >= 11 is 1.62. The SMILES string of the molecule is O=C(Cc1cccs1)N[NH+]1CCOCC1.[Cl-]. The van der Waals surface area contributed by atoms with Crippen LogP contribution in [0.4, 0.5) is 0 Å². The van der Waals surface area contributed by atoms with Crippen molar-refractivity contribution >= 4 is 17.2 Å². The van der Waals surface area contributed by atoms with Crippen LogP contribution in [0.1, 0.15) is 4.88 Å². The summed E-state index contributed by atoms with van der Waals surface area (Å²) in [6.45, 7) is 3.18. The molecule has 16 heavy (non-hydrogen) atoms. The first-order valence-corrected chi connectivity index (χ1v) is 5.97. The number of nitrogens with one attached hydrogen (secondary N) is 2. The van der Waals surface area contributed by atoms with Crippen molar-refractivity contribution in [2.75, 3.05) is 26.3 Å². The van der Waals surface area contributed by atoms with Crippen LogP contribution in [0.25, 0.3) is 0 Å². The summed E-state index contributed by atoms with van der Waals surface area (Å²) in [4.78, 5) is 12.7. The molecule has 6 heteroatoms. The fourth-order valence-corrected chi connectivity index (χ4v) is 2.26. The van der Waals surface area contributed by atoms with Crippen molar-refractivity contribution in [2.45, 2.75) is 6.42 Å². The van der Waals surface area contributed by atoms with Gasteiger partial charge in [-0.05, 0) is 11.4 Å². The fourth-order valence-electron chi connectivity index (χ4n) is 1.56. The van der Waals surface area contributed by atoms with E-state index in [0.29, 0.717) is 6.42 Å². The Morgan fingerprint density at radius 1 is 1.50 bits per heavy atom. The first-order valence-electron chi connectivity index (χ1n) is 5.09. The minimum atomic E-state index is 0. The van der Waals surface area contributed by atoms with Crippen molar-refractivity contribution in [3.63, 3.8) is 0 Å². The molecule has 1 saturated heterocycles. The number of carbonyl (C=O) groups excluding carboxylic acids is 1. The number of rotatable bonds is 3. The van der Waals surface area contributed by atoms with Crippen molar-refractivity contribution in [1.82, 2.24) is 5.43 Å². The van der Waals surface area contributed by atoms with Gasteiger partial charge in [-0.15, -0.1) is 11.3 Å². The predicted octanol–water partition coefficient (Wildman–Crippen LogP) is -3.76. The fraction of sp³-hybridized carbons (Fsp3) is 0.500. The maximum Gasteiger partial charge on any atom is 0.270 e. The summed E-state index contributed by atoms with van der Waals surface area (Å²) < 4.78 is 5.22. The standard InChI is InChI=1S/C10H14N2O2S.ClH/c13-10(8-9-2-1-7-15-9)11-12-3-5-14-6-4-12;/h1-2,7H,3-6,8H2,(H,11,13);1H. The number of hydrogen-bond donors (Lipinski definition) is 2. The van der Waals surface area contributed by atoms with E-state index in [-0.39, 0.29) is 18.3 Å². The van der Waals surface area contributed by atoms with Crippen LogP contribution >= 0.6 is 11.3 Å². The Kier molecular flexibility index (Phi) is 5.76. The third kappa shape index (κ3) is 4.09. The lowest BCUT2D eigenvalue weighted by Crippen LogP contribution is -3.20. The Labute approximate surface area is 105 Å². The molecule has 1 aliphatic heterocycles. The molecule has 1 aromatic rings. The molecule has 90 valence electrons. The van der Waals surface area contributed by atoms with E-state index >= 15 is 0 Å². The predicted molar refractivity (Wildman–Crippen MR) is 57.7 cm³/mol. The molecule has 0 aromatic carbocycles. The second-order valence-electron chi connectivity index (χ2n) is 3.52. The Morgan fingerprint density at radius 3 is 2.88 bits per heavy atom. The maximum atomic E-state index is 11.6. The lowest BCUT2D eigenvalue weighted by atomic mass is 10.3. The molecule has 0 unspecified atom stereocenters. The third-order valence-electron chi connectivity index (χ3n) is 2.33. The van der Waals surface area contributed by atoms with Gasteiger partial charge in [0.2, 0.25) is 0 Å². The number of carbonyl (C=O) groups is 1. The number of hydrogen-bond acceptors (Lipinski definition) is 3. The lowest BCUT2D eigenvalue weighted by Gasteiger charge is -2.23. The van der Waals surface area contributed by atoms with Gasteiger partial charge in [-0.3, -0.25) is 4.79 Å². The average Bonchev–Trinajstić information content (AvgIpc) is 2.71. The maximum absolute atomic E-state index is 11.6.